The second kappa shape index (κ2) is 4.43. The van der Waals surface area contributed by atoms with Crippen LogP contribution in [0.5, 0.6) is 0 Å². The lowest BCUT2D eigenvalue weighted by Gasteiger charge is -2.47. The van der Waals surface area contributed by atoms with Crippen LogP contribution in [0.15, 0.2) is 30.3 Å². The lowest BCUT2D eigenvalue weighted by Crippen LogP contribution is -2.60. The van der Waals surface area contributed by atoms with Crippen molar-refractivity contribution in [2.75, 3.05) is 19.6 Å². The van der Waals surface area contributed by atoms with Crippen molar-refractivity contribution in [1.29, 1.82) is 0 Å². The van der Waals surface area contributed by atoms with Gasteiger partial charge in [-0.3, -0.25) is 4.90 Å². The highest BCUT2D eigenvalue weighted by Crippen LogP contribution is 2.31. The van der Waals surface area contributed by atoms with Crippen molar-refractivity contribution in [2.24, 2.45) is 0 Å². The third-order valence-electron chi connectivity index (χ3n) is 4.44. The van der Waals surface area contributed by atoms with E-state index in [1.54, 1.807) is 0 Å². The van der Waals surface area contributed by atoms with E-state index in [1.165, 1.54) is 31.4 Å². The zero-order valence-corrected chi connectivity index (χ0v) is 10.7. The third-order valence-corrected chi connectivity index (χ3v) is 4.44. The minimum absolute atomic E-state index is 0.134. The molecule has 0 radical (unpaired) electrons. The van der Waals surface area contributed by atoms with E-state index in [9.17, 15) is 0 Å². The Hall–Kier alpha value is -0.860. The molecule has 1 aliphatic carbocycles. The van der Waals surface area contributed by atoms with Crippen LogP contribution in [0.3, 0.4) is 0 Å². The van der Waals surface area contributed by atoms with Gasteiger partial charge in [-0.05, 0) is 25.3 Å². The van der Waals surface area contributed by atoms with Gasteiger partial charge in [-0.2, -0.15) is 0 Å². The van der Waals surface area contributed by atoms with Crippen LogP contribution in [-0.4, -0.2) is 30.6 Å². The minimum atomic E-state index is 0.134. The van der Waals surface area contributed by atoms with E-state index in [1.807, 2.05) is 0 Å². The second-order valence-corrected chi connectivity index (χ2v) is 5.68. The fourth-order valence-electron chi connectivity index (χ4n) is 3.08. The zero-order valence-electron chi connectivity index (χ0n) is 10.7. The predicted octanol–water partition coefficient (Wildman–Crippen LogP) is 2.36. The first-order valence-corrected chi connectivity index (χ1v) is 6.82. The molecule has 1 unspecified atom stereocenters. The maximum atomic E-state index is 3.70. The van der Waals surface area contributed by atoms with Gasteiger partial charge in [-0.1, -0.05) is 36.8 Å². The Morgan fingerprint density at radius 3 is 2.65 bits per heavy atom. The van der Waals surface area contributed by atoms with Crippen molar-refractivity contribution >= 4 is 0 Å². The van der Waals surface area contributed by atoms with Crippen LogP contribution in [0.2, 0.25) is 0 Å². The number of hydrogen-bond donors (Lipinski definition) is 1. The molecule has 92 valence electrons. The second-order valence-electron chi connectivity index (χ2n) is 5.68. The number of rotatable bonds is 2. The summed E-state index contributed by atoms with van der Waals surface area (Å²) in [6.45, 7) is 5.82. The average molecular weight is 230 g/mol. The van der Waals surface area contributed by atoms with E-state index in [-0.39, 0.29) is 5.54 Å². The van der Waals surface area contributed by atoms with Crippen molar-refractivity contribution in [1.82, 2.24) is 10.2 Å². The van der Waals surface area contributed by atoms with Crippen LogP contribution in [0.1, 0.15) is 31.7 Å². The summed E-state index contributed by atoms with van der Waals surface area (Å²) >= 11 is 0. The lowest BCUT2D eigenvalue weighted by molar-refractivity contribution is 0.0608. The number of piperazine rings is 1. The van der Waals surface area contributed by atoms with Crippen molar-refractivity contribution in [3.05, 3.63) is 35.9 Å². The Balaban J connectivity index is 1.77. The predicted molar refractivity (Wildman–Crippen MR) is 71.0 cm³/mol. The molecule has 1 aromatic carbocycles. The third kappa shape index (κ3) is 2.12. The van der Waals surface area contributed by atoms with Crippen LogP contribution in [0, 0.1) is 0 Å². The van der Waals surface area contributed by atoms with Gasteiger partial charge in [0.25, 0.3) is 0 Å². The van der Waals surface area contributed by atoms with Gasteiger partial charge in [0.2, 0.25) is 0 Å². The van der Waals surface area contributed by atoms with Gasteiger partial charge in [0, 0.05) is 25.7 Å². The minimum Gasteiger partial charge on any atom is -0.305 e. The molecule has 0 aromatic heterocycles. The van der Waals surface area contributed by atoms with Crippen molar-refractivity contribution in [3.8, 4) is 0 Å². The summed E-state index contributed by atoms with van der Waals surface area (Å²) in [5.41, 5.74) is 1.55. The summed E-state index contributed by atoms with van der Waals surface area (Å²) in [7, 11) is 0. The fraction of sp³-hybridized carbons (Fsp3) is 0.600. The fourth-order valence-corrected chi connectivity index (χ4v) is 3.08. The largest absolute Gasteiger partial charge is 0.305 e. The molecule has 2 heteroatoms. The molecule has 0 spiro atoms. The molecule has 0 bridgehead atoms. The van der Waals surface area contributed by atoms with Crippen LogP contribution in [-0.2, 0) is 5.54 Å². The van der Waals surface area contributed by atoms with E-state index in [0.717, 1.165) is 19.1 Å². The first kappa shape index (κ1) is 11.2. The van der Waals surface area contributed by atoms with Gasteiger partial charge in [-0.25, -0.2) is 0 Å². The summed E-state index contributed by atoms with van der Waals surface area (Å²) in [4.78, 5) is 2.69. The Kier molecular flexibility index (Phi) is 2.93. The number of nitrogens with one attached hydrogen (secondary N) is 1. The topological polar surface area (TPSA) is 15.3 Å². The van der Waals surface area contributed by atoms with Crippen LogP contribution in [0.4, 0.5) is 0 Å². The molecule has 0 amide bonds. The molecule has 17 heavy (non-hydrogen) atoms. The Labute approximate surface area is 104 Å². The molecule has 3 rings (SSSR count). The highest BCUT2D eigenvalue weighted by molar-refractivity contribution is 5.25. The standard InChI is InChI=1S/C15H22N2/c1-15(13-6-3-2-4-7-13)12-17(11-10-16-15)14-8-5-9-14/h2-4,6-7,14,16H,5,8-12H2,1H3. The highest BCUT2D eigenvalue weighted by atomic mass is 15.2. The summed E-state index contributed by atoms with van der Waals surface area (Å²) in [6, 6.07) is 11.7. The van der Waals surface area contributed by atoms with Gasteiger partial charge < -0.3 is 5.32 Å². The first-order chi connectivity index (χ1) is 8.28. The normalized spacial score (nSPS) is 31.1. The Morgan fingerprint density at radius 2 is 2.00 bits per heavy atom. The SMILES string of the molecule is CC1(c2ccccc2)CN(C2CCC2)CCN1. The molecule has 1 N–H and O–H groups in total. The quantitative estimate of drug-likeness (QED) is 0.839. The van der Waals surface area contributed by atoms with Crippen molar-refractivity contribution in [3.63, 3.8) is 0 Å². The molecule has 2 nitrogen and oxygen atoms in total. The van der Waals surface area contributed by atoms with E-state index in [4.69, 9.17) is 0 Å². The molecule has 2 aliphatic rings. The number of nitrogens with zero attached hydrogens (tertiary/aromatic N) is 1. The maximum absolute atomic E-state index is 3.70. The summed E-state index contributed by atoms with van der Waals surface area (Å²) in [6.07, 6.45) is 4.24. The van der Waals surface area contributed by atoms with E-state index < -0.39 is 0 Å². The maximum Gasteiger partial charge on any atom is 0.0535 e. The van der Waals surface area contributed by atoms with E-state index in [0.29, 0.717) is 0 Å². The first-order valence-electron chi connectivity index (χ1n) is 6.82. The number of hydrogen-bond acceptors (Lipinski definition) is 2. The lowest BCUT2D eigenvalue weighted by atomic mass is 9.85. The van der Waals surface area contributed by atoms with Crippen molar-refractivity contribution in [2.45, 2.75) is 37.8 Å². The molecular formula is C15H22N2. The number of benzene rings is 1. The molecule has 1 saturated heterocycles. The monoisotopic (exact) mass is 230 g/mol. The molecule has 1 heterocycles. The zero-order chi connectivity index (χ0) is 11.7. The van der Waals surface area contributed by atoms with Gasteiger partial charge in [0.15, 0.2) is 0 Å². The van der Waals surface area contributed by atoms with Crippen LogP contribution in [0.25, 0.3) is 0 Å². The van der Waals surface area contributed by atoms with Gasteiger partial charge in [0.05, 0.1) is 5.54 Å². The molecule has 1 aromatic rings. The van der Waals surface area contributed by atoms with Gasteiger partial charge in [-0.15, -0.1) is 0 Å². The Bertz CT molecular complexity index is 372. The highest BCUT2D eigenvalue weighted by Gasteiger charge is 2.36. The van der Waals surface area contributed by atoms with Crippen LogP contribution < -0.4 is 5.32 Å². The van der Waals surface area contributed by atoms with Crippen molar-refractivity contribution < 1.29 is 0 Å². The average Bonchev–Trinajstić information content (AvgIpc) is 2.28. The molecule has 1 atom stereocenters. The van der Waals surface area contributed by atoms with Crippen LogP contribution >= 0.6 is 0 Å². The summed E-state index contributed by atoms with van der Waals surface area (Å²) in [5, 5.41) is 3.70. The summed E-state index contributed by atoms with van der Waals surface area (Å²) < 4.78 is 0. The molecule has 2 fully saturated rings. The Morgan fingerprint density at radius 1 is 1.24 bits per heavy atom. The van der Waals surface area contributed by atoms with Gasteiger partial charge in [0.1, 0.15) is 0 Å². The molecular weight excluding hydrogens is 208 g/mol. The smallest absolute Gasteiger partial charge is 0.0535 e. The van der Waals surface area contributed by atoms with Gasteiger partial charge >= 0.3 is 0 Å². The van der Waals surface area contributed by atoms with E-state index in [2.05, 4.69) is 47.5 Å². The molecule has 1 saturated carbocycles. The summed E-state index contributed by atoms with van der Waals surface area (Å²) in [5.74, 6) is 0. The molecule has 1 aliphatic heterocycles. The van der Waals surface area contributed by atoms with E-state index >= 15 is 0 Å².